The Bertz CT molecular complexity index is 623. The van der Waals surface area contributed by atoms with Crippen LogP contribution in [0.5, 0.6) is 0 Å². The van der Waals surface area contributed by atoms with Gasteiger partial charge < -0.3 is 5.32 Å². The number of anilines is 1. The van der Waals surface area contributed by atoms with E-state index < -0.39 is 11.6 Å². The minimum Gasteiger partial charge on any atom is -0.375 e. The lowest BCUT2D eigenvalue weighted by atomic mass is 10.1. The van der Waals surface area contributed by atoms with Gasteiger partial charge in [-0.15, -0.1) is 0 Å². The van der Waals surface area contributed by atoms with E-state index in [1.807, 2.05) is 0 Å². The van der Waals surface area contributed by atoms with Gasteiger partial charge in [-0.2, -0.15) is 0 Å². The first-order valence-electron chi connectivity index (χ1n) is 5.74. The van der Waals surface area contributed by atoms with Crippen LogP contribution in [0.1, 0.15) is 18.5 Å². The Morgan fingerprint density at radius 3 is 2.20 bits per heavy atom. The Balaban J connectivity index is 2.30. The molecule has 6 heteroatoms. The maximum atomic E-state index is 13.7. The minimum atomic E-state index is -0.693. The molecule has 0 aliphatic rings. The third-order valence-corrected chi connectivity index (χ3v) is 4.11. The molecule has 1 nitrogen and oxygen atoms in total. The van der Waals surface area contributed by atoms with Gasteiger partial charge in [0.2, 0.25) is 0 Å². The van der Waals surface area contributed by atoms with E-state index in [-0.39, 0.29) is 17.5 Å². The summed E-state index contributed by atoms with van der Waals surface area (Å²) in [6.45, 7) is 1.80. The number of hydrogen-bond donors (Lipinski definition) is 1. The van der Waals surface area contributed by atoms with Crippen LogP contribution in [0.3, 0.4) is 0 Å². The highest BCUT2D eigenvalue weighted by molar-refractivity contribution is 9.11. The Labute approximate surface area is 131 Å². The van der Waals surface area contributed by atoms with Crippen molar-refractivity contribution >= 4 is 37.5 Å². The first-order chi connectivity index (χ1) is 9.38. The molecular formula is C14H10Br2F3N. The molecule has 0 radical (unpaired) electrons. The van der Waals surface area contributed by atoms with Crippen LogP contribution in [0.25, 0.3) is 0 Å². The second-order valence-electron chi connectivity index (χ2n) is 4.28. The molecule has 0 saturated heterocycles. The van der Waals surface area contributed by atoms with Gasteiger partial charge in [-0.1, -0.05) is 22.0 Å². The molecular weight excluding hydrogens is 399 g/mol. The number of benzene rings is 2. The zero-order valence-corrected chi connectivity index (χ0v) is 13.5. The molecule has 0 aliphatic carbocycles. The summed E-state index contributed by atoms with van der Waals surface area (Å²) in [7, 11) is 0. The smallest absolute Gasteiger partial charge is 0.150 e. The van der Waals surface area contributed by atoms with Crippen molar-refractivity contribution in [2.75, 3.05) is 5.32 Å². The molecule has 0 saturated carbocycles. The van der Waals surface area contributed by atoms with Gasteiger partial charge in [-0.3, -0.25) is 0 Å². The quantitative estimate of drug-likeness (QED) is 0.676. The van der Waals surface area contributed by atoms with E-state index in [9.17, 15) is 13.2 Å². The molecule has 1 unspecified atom stereocenters. The molecule has 1 atom stereocenters. The van der Waals surface area contributed by atoms with E-state index in [1.165, 1.54) is 18.2 Å². The Kier molecular flexibility index (Phi) is 4.75. The van der Waals surface area contributed by atoms with E-state index >= 15 is 0 Å². The number of halogens is 5. The van der Waals surface area contributed by atoms with Crippen LogP contribution in [-0.4, -0.2) is 0 Å². The number of rotatable bonds is 3. The summed E-state index contributed by atoms with van der Waals surface area (Å²) in [6, 6.07) is 5.96. The van der Waals surface area contributed by atoms with Crippen LogP contribution in [0, 0.1) is 17.5 Å². The van der Waals surface area contributed by atoms with Gasteiger partial charge in [-0.25, -0.2) is 13.2 Å². The first-order valence-corrected chi connectivity index (χ1v) is 7.33. The SMILES string of the molecule is CC(Nc1c(F)cc(F)cc1Br)c1ccc(F)cc1Br. The van der Waals surface area contributed by atoms with Gasteiger partial charge in [0.25, 0.3) is 0 Å². The fourth-order valence-electron chi connectivity index (χ4n) is 1.83. The van der Waals surface area contributed by atoms with Gasteiger partial charge in [0.05, 0.1) is 5.69 Å². The van der Waals surface area contributed by atoms with Crippen molar-refractivity contribution in [3.05, 3.63) is 62.3 Å². The molecule has 106 valence electrons. The van der Waals surface area contributed by atoms with Gasteiger partial charge in [0, 0.05) is 21.1 Å². The molecule has 0 aliphatic heterocycles. The molecule has 20 heavy (non-hydrogen) atoms. The van der Waals surface area contributed by atoms with Gasteiger partial charge >= 0.3 is 0 Å². The average Bonchev–Trinajstić information content (AvgIpc) is 2.33. The van der Waals surface area contributed by atoms with Crippen LogP contribution in [0.2, 0.25) is 0 Å². The maximum absolute atomic E-state index is 13.7. The molecule has 0 spiro atoms. The summed E-state index contributed by atoms with van der Waals surface area (Å²) in [5, 5.41) is 2.94. The zero-order valence-electron chi connectivity index (χ0n) is 10.4. The molecule has 0 fully saturated rings. The summed E-state index contributed by atoms with van der Waals surface area (Å²) in [5.41, 5.74) is 0.928. The first kappa shape index (κ1) is 15.4. The van der Waals surface area contributed by atoms with Crippen molar-refractivity contribution in [2.24, 2.45) is 0 Å². The van der Waals surface area contributed by atoms with E-state index in [4.69, 9.17) is 0 Å². The third kappa shape index (κ3) is 3.35. The van der Waals surface area contributed by atoms with Crippen LogP contribution in [-0.2, 0) is 0 Å². The van der Waals surface area contributed by atoms with Crippen molar-refractivity contribution in [2.45, 2.75) is 13.0 Å². The Morgan fingerprint density at radius 2 is 1.60 bits per heavy atom. The van der Waals surface area contributed by atoms with Crippen molar-refractivity contribution in [1.82, 2.24) is 0 Å². The molecule has 0 bridgehead atoms. The Hall–Kier alpha value is -1.01. The normalized spacial score (nSPS) is 12.3. The lowest BCUT2D eigenvalue weighted by molar-refractivity contribution is 0.582. The molecule has 1 N–H and O–H groups in total. The summed E-state index contributed by atoms with van der Waals surface area (Å²) >= 11 is 6.38. The predicted octanol–water partition coefficient (Wildman–Crippen LogP) is 5.80. The van der Waals surface area contributed by atoms with Crippen molar-refractivity contribution in [3.8, 4) is 0 Å². The lowest BCUT2D eigenvalue weighted by Gasteiger charge is -2.19. The van der Waals surface area contributed by atoms with Gasteiger partial charge in [-0.05, 0) is 46.6 Å². The standard InChI is InChI=1S/C14H10Br2F3N/c1-7(10-3-2-8(17)4-11(10)15)20-14-12(16)5-9(18)6-13(14)19/h2-7,20H,1H3. The van der Waals surface area contributed by atoms with E-state index in [0.717, 1.165) is 11.6 Å². The van der Waals surface area contributed by atoms with Gasteiger partial charge in [0.1, 0.15) is 17.5 Å². The summed E-state index contributed by atoms with van der Waals surface area (Å²) < 4.78 is 40.7. The minimum absolute atomic E-state index is 0.162. The van der Waals surface area contributed by atoms with E-state index in [2.05, 4.69) is 37.2 Å². The maximum Gasteiger partial charge on any atom is 0.150 e. The average molecular weight is 409 g/mol. The summed E-state index contributed by atoms with van der Waals surface area (Å²) in [5.74, 6) is -1.71. The van der Waals surface area contributed by atoms with Crippen molar-refractivity contribution < 1.29 is 13.2 Å². The Morgan fingerprint density at radius 1 is 0.950 bits per heavy atom. The third-order valence-electron chi connectivity index (χ3n) is 2.80. The van der Waals surface area contributed by atoms with Crippen molar-refractivity contribution in [1.29, 1.82) is 0 Å². The van der Waals surface area contributed by atoms with E-state index in [1.54, 1.807) is 13.0 Å². The van der Waals surface area contributed by atoms with Gasteiger partial charge in [0.15, 0.2) is 0 Å². The van der Waals surface area contributed by atoms with Crippen LogP contribution in [0.4, 0.5) is 18.9 Å². The highest BCUT2D eigenvalue weighted by Gasteiger charge is 2.15. The van der Waals surface area contributed by atoms with Crippen LogP contribution >= 0.6 is 31.9 Å². The topological polar surface area (TPSA) is 12.0 Å². The molecule has 0 heterocycles. The molecule has 2 aromatic carbocycles. The second kappa shape index (κ2) is 6.18. The van der Waals surface area contributed by atoms with E-state index in [0.29, 0.717) is 8.95 Å². The number of hydrogen-bond acceptors (Lipinski definition) is 1. The fraction of sp³-hybridized carbons (Fsp3) is 0.143. The molecule has 2 aromatic rings. The predicted molar refractivity (Wildman–Crippen MR) is 80.2 cm³/mol. The number of nitrogens with one attached hydrogen (secondary N) is 1. The van der Waals surface area contributed by atoms with Crippen LogP contribution in [0.15, 0.2) is 39.3 Å². The molecule has 0 aromatic heterocycles. The zero-order chi connectivity index (χ0) is 14.9. The second-order valence-corrected chi connectivity index (χ2v) is 5.98. The fourth-order valence-corrected chi connectivity index (χ4v) is 3.04. The van der Waals surface area contributed by atoms with Crippen LogP contribution < -0.4 is 5.32 Å². The molecule has 2 rings (SSSR count). The van der Waals surface area contributed by atoms with Crippen molar-refractivity contribution in [3.63, 3.8) is 0 Å². The lowest BCUT2D eigenvalue weighted by Crippen LogP contribution is -2.09. The largest absolute Gasteiger partial charge is 0.375 e. The highest BCUT2D eigenvalue weighted by Crippen LogP contribution is 2.32. The summed E-state index contributed by atoms with van der Waals surface area (Å²) in [6.07, 6.45) is 0. The highest BCUT2D eigenvalue weighted by atomic mass is 79.9. The molecule has 0 amide bonds. The summed E-state index contributed by atoms with van der Waals surface area (Å²) in [4.78, 5) is 0. The monoisotopic (exact) mass is 407 g/mol.